The van der Waals surface area contributed by atoms with E-state index in [1.54, 1.807) is 4.90 Å². The van der Waals surface area contributed by atoms with Crippen molar-refractivity contribution in [3.8, 4) is 0 Å². The van der Waals surface area contributed by atoms with Crippen molar-refractivity contribution in [2.24, 2.45) is 5.92 Å². The van der Waals surface area contributed by atoms with Crippen LogP contribution in [0.1, 0.15) is 39.2 Å². The fourth-order valence-electron chi connectivity index (χ4n) is 3.54. The van der Waals surface area contributed by atoms with Gasteiger partial charge in [-0.3, -0.25) is 0 Å². The molecule has 132 valence electrons. The van der Waals surface area contributed by atoms with Crippen molar-refractivity contribution >= 4 is 6.08 Å². The third-order valence-corrected chi connectivity index (χ3v) is 5.03. The first-order valence-corrected chi connectivity index (χ1v) is 9.65. The molecule has 1 saturated heterocycles. The highest BCUT2D eigenvalue weighted by Gasteiger charge is 2.23. The summed E-state index contributed by atoms with van der Waals surface area (Å²) < 4.78 is 0. The fraction of sp³-hybridized carbons (Fsp3) is 0.545. The van der Waals surface area contributed by atoms with Crippen LogP contribution in [-0.4, -0.2) is 39.3 Å². The molecule has 0 saturated carbocycles. The van der Waals surface area contributed by atoms with Gasteiger partial charge in [0, 0.05) is 5.92 Å². The Balaban J connectivity index is 1.62. The largest absolute Gasteiger partial charge is 0.325 e. The molecule has 1 atom stereocenters. The number of rotatable bonds is 8. The molecule has 0 radical (unpaired) electrons. The fourth-order valence-corrected chi connectivity index (χ4v) is 3.54. The maximum Gasteiger partial charge on any atom is 0.127 e. The first kappa shape index (κ1) is 19.0. The van der Waals surface area contributed by atoms with Crippen molar-refractivity contribution < 1.29 is 9.80 Å². The van der Waals surface area contributed by atoms with Crippen molar-refractivity contribution in [2.45, 2.75) is 33.6 Å². The molecule has 1 fully saturated rings. The van der Waals surface area contributed by atoms with Gasteiger partial charge in [0.25, 0.3) is 0 Å². The van der Waals surface area contributed by atoms with E-state index in [1.807, 2.05) is 4.90 Å². The smallest absolute Gasteiger partial charge is 0.127 e. The molecule has 1 aromatic rings. The Hall–Kier alpha value is -1.38. The number of allylic oxidation sites excluding steroid dienone is 2. The van der Waals surface area contributed by atoms with Gasteiger partial charge in [-0.25, -0.2) is 0 Å². The molecular weight excluding hydrogens is 292 g/mol. The number of piperazine rings is 1. The van der Waals surface area contributed by atoms with Crippen LogP contribution in [0.3, 0.4) is 0 Å². The second kappa shape index (κ2) is 10.5. The second-order valence-corrected chi connectivity index (χ2v) is 7.69. The van der Waals surface area contributed by atoms with Gasteiger partial charge in [-0.1, -0.05) is 55.0 Å². The summed E-state index contributed by atoms with van der Waals surface area (Å²) in [5.74, 6) is 0.843. The number of hydrogen-bond acceptors (Lipinski definition) is 0. The van der Waals surface area contributed by atoms with Gasteiger partial charge >= 0.3 is 0 Å². The van der Waals surface area contributed by atoms with E-state index in [9.17, 15) is 0 Å². The van der Waals surface area contributed by atoms with Crippen LogP contribution in [0.25, 0.3) is 6.08 Å². The Kier molecular flexibility index (Phi) is 8.27. The summed E-state index contributed by atoms with van der Waals surface area (Å²) in [5.41, 5.74) is 2.77. The van der Waals surface area contributed by atoms with Crippen molar-refractivity contribution in [3.05, 3.63) is 53.6 Å². The molecule has 1 aromatic carbocycles. The van der Waals surface area contributed by atoms with Crippen molar-refractivity contribution in [2.75, 3.05) is 39.3 Å². The Morgan fingerprint density at radius 2 is 1.71 bits per heavy atom. The van der Waals surface area contributed by atoms with Crippen molar-refractivity contribution in [3.63, 3.8) is 0 Å². The third kappa shape index (κ3) is 7.46. The second-order valence-electron chi connectivity index (χ2n) is 7.69. The maximum atomic E-state index is 2.42. The quantitative estimate of drug-likeness (QED) is 0.674. The molecule has 0 spiro atoms. The minimum absolute atomic E-state index is 0.843. The van der Waals surface area contributed by atoms with Crippen LogP contribution in [0.15, 0.2) is 48.1 Å². The molecule has 0 aliphatic carbocycles. The zero-order valence-electron chi connectivity index (χ0n) is 15.9. The van der Waals surface area contributed by atoms with E-state index in [4.69, 9.17) is 0 Å². The zero-order valence-corrected chi connectivity index (χ0v) is 15.9. The summed E-state index contributed by atoms with van der Waals surface area (Å²) in [6, 6.07) is 10.6. The monoisotopic (exact) mass is 328 g/mol. The van der Waals surface area contributed by atoms with Crippen LogP contribution in [-0.2, 0) is 0 Å². The van der Waals surface area contributed by atoms with Gasteiger partial charge in [-0.2, -0.15) is 0 Å². The summed E-state index contributed by atoms with van der Waals surface area (Å²) in [4.78, 5) is 3.55. The Morgan fingerprint density at radius 3 is 2.38 bits per heavy atom. The van der Waals surface area contributed by atoms with Gasteiger partial charge < -0.3 is 9.80 Å². The summed E-state index contributed by atoms with van der Waals surface area (Å²) in [7, 11) is 0. The Labute approximate surface area is 148 Å². The van der Waals surface area contributed by atoms with Crippen LogP contribution in [0.4, 0.5) is 0 Å². The van der Waals surface area contributed by atoms with Crippen LogP contribution in [0.2, 0.25) is 0 Å². The molecule has 0 amide bonds. The molecule has 24 heavy (non-hydrogen) atoms. The van der Waals surface area contributed by atoms with Gasteiger partial charge in [-0.15, -0.1) is 0 Å². The van der Waals surface area contributed by atoms with E-state index < -0.39 is 0 Å². The number of benzene rings is 1. The predicted molar refractivity (Wildman–Crippen MR) is 104 cm³/mol. The van der Waals surface area contributed by atoms with E-state index in [1.165, 1.54) is 56.7 Å². The van der Waals surface area contributed by atoms with Crippen LogP contribution in [0.5, 0.6) is 0 Å². The SMILES string of the molecule is CC(C)=CCC[C@@H](C)C[NH+]1CC[NH+](C/C=C/c2ccccc2)CC1. The van der Waals surface area contributed by atoms with E-state index in [0.717, 1.165) is 12.5 Å². The predicted octanol–water partition coefficient (Wildman–Crippen LogP) is 1.87. The molecule has 0 unspecified atom stereocenters. The van der Waals surface area contributed by atoms with Crippen molar-refractivity contribution in [1.29, 1.82) is 0 Å². The molecular formula is C22H36N2+2. The lowest BCUT2D eigenvalue weighted by atomic mass is 10.0. The Bertz CT molecular complexity index is 506. The van der Waals surface area contributed by atoms with Crippen LogP contribution in [0, 0.1) is 5.92 Å². The lowest BCUT2D eigenvalue weighted by molar-refractivity contribution is -1.01. The summed E-state index contributed by atoms with van der Waals surface area (Å²) in [6.07, 6.45) is 9.58. The van der Waals surface area contributed by atoms with Gasteiger partial charge in [0.15, 0.2) is 0 Å². The molecule has 2 heteroatoms. The Morgan fingerprint density at radius 1 is 1.04 bits per heavy atom. The molecule has 1 heterocycles. The molecule has 0 bridgehead atoms. The molecule has 2 nitrogen and oxygen atoms in total. The lowest BCUT2D eigenvalue weighted by Crippen LogP contribution is -3.28. The molecule has 1 aliphatic rings. The first-order valence-electron chi connectivity index (χ1n) is 9.65. The number of nitrogens with one attached hydrogen (secondary N) is 2. The normalized spacial score (nSPS) is 22.5. The first-order chi connectivity index (χ1) is 11.6. The van der Waals surface area contributed by atoms with E-state index in [-0.39, 0.29) is 0 Å². The highest BCUT2D eigenvalue weighted by molar-refractivity contribution is 5.48. The van der Waals surface area contributed by atoms with Gasteiger partial charge in [0.1, 0.15) is 26.2 Å². The van der Waals surface area contributed by atoms with Gasteiger partial charge in [-0.05, 0) is 38.3 Å². The lowest BCUT2D eigenvalue weighted by Gasteiger charge is -2.30. The highest BCUT2D eigenvalue weighted by Crippen LogP contribution is 2.05. The minimum Gasteiger partial charge on any atom is -0.325 e. The maximum absolute atomic E-state index is 2.42. The molecule has 1 aliphatic heterocycles. The summed E-state index contributed by atoms with van der Waals surface area (Å²) in [6.45, 7) is 14.6. The van der Waals surface area contributed by atoms with Crippen molar-refractivity contribution in [1.82, 2.24) is 0 Å². The van der Waals surface area contributed by atoms with E-state index in [0.29, 0.717) is 0 Å². The van der Waals surface area contributed by atoms with Crippen LogP contribution >= 0.6 is 0 Å². The molecule has 0 aromatic heterocycles. The summed E-state index contributed by atoms with van der Waals surface area (Å²) >= 11 is 0. The average molecular weight is 329 g/mol. The third-order valence-electron chi connectivity index (χ3n) is 5.03. The average Bonchev–Trinajstić information content (AvgIpc) is 2.57. The number of quaternary nitrogens is 2. The topological polar surface area (TPSA) is 8.88 Å². The molecule has 2 N–H and O–H groups in total. The van der Waals surface area contributed by atoms with E-state index in [2.05, 4.69) is 69.3 Å². The summed E-state index contributed by atoms with van der Waals surface area (Å²) in [5, 5.41) is 0. The highest BCUT2D eigenvalue weighted by atomic mass is 15.3. The zero-order chi connectivity index (χ0) is 17.2. The minimum atomic E-state index is 0.843. The standard InChI is InChI=1S/C22H34N2/c1-20(2)9-7-10-21(3)19-24-17-15-23(16-18-24)14-8-13-22-11-5-4-6-12-22/h4-6,8-9,11-13,21H,7,10,14-19H2,1-3H3/p+2/b13-8+/t21-/m1/s1. The van der Waals surface area contributed by atoms with Gasteiger partial charge in [0.2, 0.25) is 0 Å². The van der Waals surface area contributed by atoms with E-state index >= 15 is 0 Å². The number of hydrogen-bond donors (Lipinski definition) is 2. The molecule has 2 rings (SSSR count). The van der Waals surface area contributed by atoms with Crippen LogP contribution < -0.4 is 9.80 Å². The van der Waals surface area contributed by atoms with Gasteiger partial charge in [0.05, 0.1) is 13.1 Å².